The van der Waals surface area contributed by atoms with Gasteiger partial charge in [-0.2, -0.15) is 0 Å². The summed E-state index contributed by atoms with van der Waals surface area (Å²) in [5, 5.41) is 15.8. The van der Waals surface area contributed by atoms with Gasteiger partial charge in [-0.3, -0.25) is 10.1 Å². The molecule has 1 aliphatic heterocycles. The Morgan fingerprint density at radius 1 is 1.21 bits per heavy atom. The molecule has 2 fully saturated rings. The Morgan fingerprint density at radius 2 is 1.97 bits per heavy atom. The van der Waals surface area contributed by atoms with Gasteiger partial charge in [0.25, 0.3) is 0 Å². The second-order valence-corrected chi connectivity index (χ2v) is 8.78. The molecular formula is C19H23ClN6O2S. The first-order valence-electron chi connectivity index (χ1n) is 9.70. The number of aromatic nitrogens is 2. The van der Waals surface area contributed by atoms with Gasteiger partial charge in [0.1, 0.15) is 11.0 Å². The van der Waals surface area contributed by atoms with Crippen molar-refractivity contribution in [2.24, 2.45) is 0 Å². The second-order valence-electron chi connectivity index (χ2n) is 7.33. The van der Waals surface area contributed by atoms with E-state index in [1.165, 1.54) is 11.3 Å². The molecule has 10 heteroatoms. The highest BCUT2D eigenvalue weighted by molar-refractivity contribution is 7.15. The number of nitrogens with zero attached hydrogens (tertiary/aromatic N) is 4. The Labute approximate surface area is 178 Å². The minimum Gasteiger partial charge on any atom is -0.368 e. The highest BCUT2D eigenvalue weighted by Gasteiger charge is 2.28. The van der Waals surface area contributed by atoms with E-state index in [1.807, 2.05) is 24.3 Å². The lowest BCUT2D eigenvalue weighted by atomic mass is 10.2. The summed E-state index contributed by atoms with van der Waals surface area (Å²) >= 11 is 7.46. The number of benzene rings is 1. The van der Waals surface area contributed by atoms with Gasteiger partial charge in [-0.05, 0) is 38.0 Å². The molecule has 3 amide bonds. The highest BCUT2D eigenvalue weighted by Crippen LogP contribution is 2.42. The van der Waals surface area contributed by atoms with Crippen molar-refractivity contribution in [1.82, 2.24) is 20.4 Å². The number of hydrogen-bond donors (Lipinski definition) is 2. The number of carbonyl (C=O) groups excluding carboxylic acids is 2. The van der Waals surface area contributed by atoms with Crippen LogP contribution in [0.4, 0.5) is 15.6 Å². The van der Waals surface area contributed by atoms with E-state index in [1.54, 1.807) is 11.8 Å². The van der Waals surface area contributed by atoms with Crippen molar-refractivity contribution in [3.8, 4) is 0 Å². The first kappa shape index (κ1) is 19.9. The van der Waals surface area contributed by atoms with Crippen LogP contribution in [-0.2, 0) is 4.79 Å². The van der Waals surface area contributed by atoms with Gasteiger partial charge in [0.05, 0.1) is 0 Å². The first-order chi connectivity index (χ1) is 14.0. The maximum Gasteiger partial charge on any atom is 0.318 e. The average Bonchev–Trinajstić information content (AvgIpc) is 3.47. The van der Waals surface area contributed by atoms with Crippen LogP contribution in [0.3, 0.4) is 0 Å². The van der Waals surface area contributed by atoms with Crippen molar-refractivity contribution in [2.75, 3.05) is 36.4 Å². The summed E-state index contributed by atoms with van der Waals surface area (Å²) in [4.78, 5) is 28.8. The van der Waals surface area contributed by atoms with Crippen LogP contribution in [-0.4, -0.2) is 59.3 Å². The fourth-order valence-electron chi connectivity index (χ4n) is 3.18. The van der Waals surface area contributed by atoms with Gasteiger partial charge in [0, 0.05) is 42.8 Å². The predicted molar refractivity (Wildman–Crippen MR) is 114 cm³/mol. The minimum atomic E-state index is -0.665. The summed E-state index contributed by atoms with van der Waals surface area (Å²) in [6.07, 6.45) is 2.28. The number of hydrogen-bond acceptors (Lipinski definition) is 6. The summed E-state index contributed by atoms with van der Waals surface area (Å²) in [5.41, 5.74) is 1.05. The SMILES string of the molecule is C[C@@H](NC(=O)N1CCN(c2cccc(Cl)c2)CC1)C(=O)Nc1nnc(C2CC2)s1. The number of amides is 3. The molecule has 0 spiro atoms. The van der Waals surface area contributed by atoms with Crippen LogP contribution in [0.1, 0.15) is 30.7 Å². The third-order valence-corrected chi connectivity index (χ3v) is 6.31. The Bertz CT molecular complexity index is 894. The summed E-state index contributed by atoms with van der Waals surface area (Å²) in [5.74, 6) is 0.204. The monoisotopic (exact) mass is 434 g/mol. The molecule has 2 N–H and O–H groups in total. The fourth-order valence-corrected chi connectivity index (χ4v) is 4.28. The van der Waals surface area contributed by atoms with Crippen LogP contribution in [0.25, 0.3) is 0 Å². The van der Waals surface area contributed by atoms with Crippen molar-refractivity contribution in [3.63, 3.8) is 0 Å². The van der Waals surface area contributed by atoms with E-state index in [0.29, 0.717) is 42.3 Å². The van der Waals surface area contributed by atoms with E-state index >= 15 is 0 Å². The molecule has 154 valence electrons. The van der Waals surface area contributed by atoms with Gasteiger partial charge >= 0.3 is 6.03 Å². The maximum atomic E-state index is 12.5. The van der Waals surface area contributed by atoms with E-state index in [4.69, 9.17) is 11.6 Å². The molecule has 1 aromatic heterocycles. The fraction of sp³-hybridized carbons (Fsp3) is 0.474. The minimum absolute atomic E-state index is 0.241. The molecule has 1 aliphatic carbocycles. The van der Waals surface area contributed by atoms with Crippen LogP contribution in [0.5, 0.6) is 0 Å². The lowest BCUT2D eigenvalue weighted by molar-refractivity contribution is -0.117. The van der Waals surface area contributed by atoms with Crippen molar-refractivity contribution in [3.05, 3.63) is 34.3 Å². The molecule has 29 heavy (non-hydrogen) atoms. The zero-order valence-electron chi connectivity index (χ0n) is 16.1. The van der Waals surface area contributed by atoms with Crippen molar-refractivity contribution < 1.29 is 9.59 Å². The molecule has 2 aliphatic rings. The molecule has 0 bridgehead atoms. The van der Waals surface area contributed by atoms with Gasteiger partial charge in [-0.15, -0.1) is 10.2 Å². The van der Waals surface area contributed by atoms with E-state index in [2.05, 4.69) is 25.7 Å². The lowest BCUT2D eigenvalue weighted by Crippen LogP contribution is -2.54. The maximum absolute atomic E-state index is 12.5. The first-order valence-corrected chi connectivity index (χ1v) is 10.9. The summed E-state index contributed by atoms with van der Waals surface area (Å²) in [6, 6.07) is 6.79. The molecule has 2 heterocycles. The topological polar surface area (TPSA) is 90.5 Å². The van der Waals surface area contributed by atoms with Gasteiger partial charge in [0.2, 0.25) is 11.0 Å². The molecular weight excluding hydrogens is 412 g/mol. The summed E-state index contributed by atoms with van der Waals surface area (Å²) in [6.45, 7) is 4.24. The van der Waals surface area contributed by atoms with E-state index in [9.17, 15) is 9.59 Å². The van der Waals surface area contributed by atoms with Crippen LogP contribution >= 0.6 is 22.9 Å². The zero-order valence-corrected chi connectivity index (χ0v) is 17.7. The second kappa shape index (κ2) is 8.54. The number of carbonyl (C=O) groups is 2. The number of rotatable bonds is 5. The van der Waals surface area contributed by atoms with E-state index < -0.39 is 6.04 Å². The molecule has 0 radical (unpaired) electrons. The highest BCUT2D eigenvalue weighted by atomic mass is 35.5. The Kier molecular flexibility index (Phi) is 5.86. The van der Waals surface area contributed by atoms with Crippen LogP contribution in [0.15, 0.2) is 24.3 Å². The van der Waals surface area contributed by atoms with Crippen LogP contribution < -0.4 is 15.5 Å². The lowest BCUT2D eigenvalue weighted by Gasteiger charge is -2.36. The molecule has 1 aromatic carbocycles. The largest absolute Gasteiger partial charge is 0.368 e. The quantitative estimate of drug-likeness (QED) is 0.755. The van der Waals surface area contributed by atoms with Crippen molar-refractivity contribution in [1.29, 1.82) is 0 Å². The smallest absolute Gasteiger partial charge is 0.318 e. The molecule has 2 aromatic rings. The molecule has 1 atom stereocenters. The zero-order chi connectivity index (χ0) is 20.4. The third-order valence-electron chi connectivity index (χ3n) is 5.07. The molecule has 4 rings (SSSR count). The third kappa shape index (κ3) is 4.97. The van der Waals surface area contributed by atoms with Gasteiger partial charge in [-0.1, -0.05) is 29.0 Å². The van der Waals surface area contributed by atoms with Crippen LogP contribution in [0, 0.1) is 0 Å². The van der Waals surface area contributed by atoms with Crippen molar-refractivity contribution in [2.45, 2.75) is 31.7 Å². The standard InChI is InChI=1S/C19H23ClN6O2S/c1-12(16(27)22-18-24-23-17(29-18)13-5-6-13)21-19(28)26-9-7-25(8-10-26)15-4-2-3-14(20)11-15/h2-4,11-13H,5-10H2,1H3,(H,21,28)(H,22,24,27)/t12-/m1/s1. The number of halogens is 1. The van der Waals surface area contributed by atoms with Gasteiger partial charge in [0.15, 0.2) is 0 Å². The van der Waals surface area contributed by atoms with Gasteiger partial charge in [-0.25, -0.2) is 4.79 Å². The summed E-state index contributed by atoms with van der Waals surface area (Å²) in [7, 11) is 0. The molecule has 8 nitrogen and oxygen atoms in total. The number of urea groups is 1. The predicted octanol–water partition coefficient (Wildman–Crippen LogP) is 2.93. The molecule has 0 unspecified atom stereocenters. The number of piperazine rings is 1. The summed E-state index contributed by atoms with van der Waals surface area (Å²) < 4.78 is 0. The average molecular weight is 435 g/mol. The van der Waals surface area contributed by atoms with Crippen molar-refractivity contribution >= 4 is 45.7 Å². The Balaban J connectivity index is 1.24. The van der Waals surface area contributed by atoms with E-state index in [-0.39, 0.29) is 11.9 Å². The molecule has 1 saturated carbocycles. The number of anilines is 2. The molecule has 1 saturated heterocycles. The van der Waals surface area contributed by atoms with Crippen LogP contribution in [0.2, 0.25) is 5.02 Å². The normalized spacial score (nSPS) is 17.7. The Hall–Kier alpha value is -2.39. The Morgan fingerprint density at radius 3 is 2.66 bits per heavy atom. The number of nitrogens with one attached hydrogen (secondary N) is 2. The van der Waals surface area contributed by atoms with Gasteiger partial charge < -0.3 is 15.1 Å². The van der Waals surface area contributed by atoms with E-state index in [0.717, 1.165) is 23.5 Å².